The molecule has 4 rings (SSSR count). The van der Waals surface area contributed by atoms with Gasteiger partial charge in [0, 0.05) is 36.1 Å². The minimum absolute atomic E-state index is 0.00937. The minimum atomic E-state index is -0.658. The minimum Gasteiger partial charge on any atom is -0.387 e. The van der Waals surface area contributed by atoms with Gasteiger partial charge in [-0.05, 0) is 35.7 Å². The molecule has 5 N–H and O–H groups in total. The predicted octanol–water partition coefficient (Wildman–Crippen LogP) is 3.87. The van der Waals surface area contributed by atoms with Crippen LogP contribution >= 0.6 is 0 Å². The molecule has 7 heteroatoms. The first-order valence-electron chi connectivity index (χ1n) is 10.8. The predicted molar refractivity (Wildman–Crippen MR) is 132 cm³/mol. The van der Waals surface area contributed by atoms with Crippen molar-refractivity contribution >= 4 is 28.5 Å². The fraction of sp³-hybridized carbons (Fsp3) is 0.154. The van der Waals surface area contributed by atoms with Crippen LogP contribution in [0, 0.1) is 5.41 Å². The highest BCUT2D eigenvalue weighted by Crippen LogP contribution is 2.19. The number of fused-ring (bicyclic) bond motifs is 1. The maximum atomic E-state index is 12.8. The van der Waals surface area contributed by atoms with Crippen LogP contribution in [0.15, 0.2) is 90.2 Å². The van der Waals surface area contributed by atoms with Gasteiger partial charge in [-0.3, -0.25) is 15.2 Å². The molecule has 7 nitrogen and oxygen atoms in total. The van der Waals surface area contributed by atoms with Gasteiger partial charge in [-0.1, -0.05) is 54.6 Å². The van der Waals surface area contributed by atoms with Crippen LogP contribution in [0.4, 0.5) is 0 Å². The Morgan fingerprint density at radius 1 is 1.06 bits per heavy atom. The molecule has 33 heavy (non-hydrogen) atoms. The van der Waals surface area contributed by atoms with Gasteiger partial charge in [0.2, 0.25) is 0 Å². The first-order chi connectivity index (χ1) is 16.1. The summed E-state index contributed by atoms with van der Waals surface area (Å²) in [5.41, 5.74) is 9.57. The molecule has 1 amide bonds. The van der Waals surface area contributed by atoms with E-state index < -0.39 is 6.04 Å². The van der Waals surface area contributed by atoms with Crippen LogP contribution in [0.1, 0.15) is 28.0 Å². The van der Waals surface area contributed by atoms with Crippen molar-refractivity contribution in [1.29, 1.82) is 5.41 Å². The lowest BCUT2D eigenvalue weighted by Gasteiger charge is -2.18. The van der Waals surface area contributed by atoms with Crippen LogP contribution in [0.25, 0.3) is 10.9 Å². The van der Waals surface area contributed by atoms with E-state index in [1.54, 1.807) is 24.4 Å². The normalized spacial score (nSPS) is 12.4. The number of nitrogens with one attached hydrogen (secondary N) is 3. The third kappa shape index (κ3) is 5.71. The van der Waals surface area contributed by atoms with Gasteiger partial charge in [-0.15, -0.1) is 0 Å². The maximum Gasteiger partial charge on any atom is 0.270 e. The SMILES string of the molecule is N=C(N=C(N)CCc1ccccc1)[C@@H](Cc1c[nH]c2ccccc12)NC(=O)c1ccccn1. The smallest absolute Gasteiger partial charge is 0.270 e. The van der Waals surface area contributed by atoms with Crippen molar-refractivity contribution in [2.24, 2.45) is 10.7 Å². The van der Waals surface area contributed by atoms with Crippen LogP contribution in [-0.2, 0) is 12.8 Å². The Morgan fingerprint density at radius 3 is 2.61 bits per heavy atom. The third-order valence-electron chi connectivity index (χ3n) is 5.41. The number of nitrogens with zero attached hydrogens (tertiary/aromatic N) is 2. The first kappa shape index (κ1) is 22.0. The van der Waals surface area contributed by atoms with Gasteiger partial charge in [0.25, 0.3) is 5.91 Å². The number of carbonyl (C=O) groups is 1. The molecular formula is C26H26N6O. The van der Waals surface area contributed by atoms with Gasteiger partial charge in [-0.2, -0.15) is 0 Å². The molecule has 4 aromatic rings. The lowest BCUT2D eigenvalue weighted by Crippen LogP contribution is -2.42. The monoisotopic (exact) mass is 438 g/mol. The van der Waals surface area contributed by atoms with E-state index in [-0.39, 0.29) is 17.4 Å². The number of hydrogen-bond donors (Lipinski definition) is 4. The highest BCUT2D eigenvalue weighted by atomic mass is 16.1. The second-order valence-electron chi connectivity index (χ2n) is 7.78. The Balaban J connectivity index is 1.53. The number of aliphatic imine (C=N–C) groups is 1. The van der Waals surface area contributed by atoms with Crippen molar-refractivity contribution in [1.82, 2.24) is 15.3 Å². The number of rotatable bonds is 8. The first-order valence-corrected chi connectivity index (χ1v) is 10.8. The van der Waals surface area contributed by atoms with E-state index >= 15 is 0 Å². The molecule has 0 spiro atoms. The summed E-state index contributed by atoms with van der Waals surface area (Å²) in [6, 6.07) is 22.4. The lowest BCUT2D eigenvalue weighted by molar-refractivity contribution is 0.0941. The van der Waals surface area contributed by atoms with Crippen molar-refractivity contribution in [2.45, 2.75) is 25.3 Å². The van der Waals surface area contributed by atoms with Crippen molar-refractivity contribution in [3.63, 3.8) is 0 Å². The number of aromatic nitrogens is 2. The van der Waals surface area contributed by atoms with E-state index in [4.69, 9.17) is 11.1 Å². The Bertz CT molecular complexity index is 1260. The van der Waals surface area contributed by atoms with Gasteiger partial charge >= 0.3 is 0 Å². The average molecular weight is 439 g/mol. The summed E-state index contributed by atoms with van der Waals surface area (Å²) in [6.07, 6.45) is 5.13. The number of benzene rings is 2. The van der Waals surface area contributed by atoms with Crippen LogP contribution in [0.5, 0.6) is 0 Å². The molecule has 0 fully saturated rings. The number of amides is 1. The summed E-state index contributed by atoms with van der Waals surface area (Å²) in [5, 5.41) is 12.6. The molecular weight excluding hydrogens is 412 g/mol. The highest BCUT2D eigenvalue weighted by Gasteiger charge is 2.21. The Hall–Kier alpha value is -4.26. The van der Waals surface area contributed by atoms with E-state index in [1.807, 2.05) is 60.8 Å². The quantitative estimate of drug-likeness (QED) is 0.247. The largest absolute Gasteiger partial charge is 0.387 e. The van der Waals surface area contributed by atoms with Gasteiger partial charge < -0.3 is 16.0 Å². The summed E-state index contributed by atoms with van der Waals surface area (Å²) in [5.74, 6) is 0.0123. The van der Waals surface area contributed by atoms with Gasteiger partial charge in [0.05, 0.1) is 6.04 Å². The Morgan fingerprint density at radius 2 is 1.82 bits per heavy atom. The molecule has 2 aromatic carbocycles. The zero-order chi connectivity index (χ0) is 23.0. The van der Waals surface area contributed by atoms with Crippen LogP contribution in [0.2, 0.25) is 0 Å². The van der Waals surface area contributed by atoms with Crippen LogP contribution in [-0.4, -0.2) is 33.6 Å². The van der Waals surface area contributed by atoms with E-state index in [0.29, 0.717) is 18.7 Å². The molecule has 2 aromatic heterocycles. The molecule has 0 aliphatic rings. The molecule has 1 atom stereocenters. The van der Waals surface area contributed by atoms with Crippen molar-refractivity contribution in [3.05, 3.63) is 102 Å². The van der Waals surface area contributed by atoms with Gasteiger partial charge in [0.1, 0.15) is 17.4 Å². The van der Waals surface area contributed by atoms with E-state index in [1.165, 1.54) is 0 Å². The summed E-state index contributed by atoms with van der Waals surface area (Å²) < 4.78 is 0. The number of pyridine rings is 1. The fourth-order valence-corrected chi connectivity index (χ4v) is 3.67. The van der Waals surface area contributed by atoms with Crippen LogP contribution in [0.3, 0.4) is 0 Å². The molecule has 0 aliphatic carbocycles. The number of amidine groups is 2. The van der Waals surface area contributed by atoms with Crippen molar-refractivity contribution < 1.29 is 4.79 Å². The Labute approximate surface area is 192 Å². The second-order valence-corrected chi connectivity index (χ2v) is 7.78. The second kappa shape index (κ2) is 10.4. The molecule has 0 saturated carbocycles. The van der Waals surface area contributed by atoms with Crippen molar-refractivity contribution in [2.75, 3.05) is 0 Å². The van der Waals surface area contributed by atoms with E-state index in [9.17, 15) is 4.79 Å². The maximum absolute atomic E-state index is 12.8. The zero-order valence-electron chi connectivity index (χ0n) is 18.2. The fourth-order valence-electron chi connectivity index (χ4n) is 3.67. The standard InChI is InChI=1S/C26H26N6O/c27-24(14-13-18-8-2-1-3-9-18)32-25(28)23(31-26(33)22-12-6-7-15-29-22)16-19-17-30-21-11-5-4-10-20(19)21/h1-12,15,17,23,30H,13-14,16H2,(H,31,33)(H3,27,28,32)/t23-/m1/s1. The molecule has 0 bridgehead atoms. The summed E-state index contributed by atoms with van der Waals surface area (Å²) in [4.78, 5) is 24.5. The summed E-state index contributed by atoms with van der Waals surface area (Å²) >= 11 is 0. The number of H-pyrrole nitrogens is 1. The number of hydrogen-bond acceptors (Lipinski definition) is 3. The summed E-state index contributed by atoms with van der Waals surface area (Å²) in [6.45, 7) is 0. The lowest BCUT2D eigenvalue weighted by atomic mass is 10.0. The number of carbonyl (C=O) groups excluding carboxylic acids is 1. The van der Waals surface area contributed by atoms with Crippen molar-refractivity contribution in [3.8, 4) is 0 Å². The highest BCUT2D eigenvalue weighted by molar-refractivity contribution is 6.01. The Kier molecular flexibility index (Phi) is 6.90. The molecule has 0 aliphatic heterocycles. The molecule has 166 valence electrons. The van der Waals surface area contributed by atoms with E-state index in [2.05, 4.69) is 20.3 Å². The average Bonchev–Trinajstić information content (AvgIpc) is 3.26. The topological polar surface area (TPSA) is 120 Å². The van der Waals surface area contributed by atoms with E-state index in [0.717, 1.165) is 28.5 Å². The zero-order valence-corrected chi connectivity index (χ0v) is 18.2. The van der Waals surface area contributed by atoms with Gasteiger partial charge in [-0.25, -0.2) is 4.99 Å². The molecule has 0 unspecified atom stereocenters. The summed E-state index contributed by atoms with van der Waals surface area (Å²) in [7, 11) is 0. The van der Waals surface area contributed by atoms with Crippen LogP contribution < -0.4 is 11.1 Å². The third-order valence-corrected chi connectivity index (χ3v) is 5.41. The van der Waals surface area contributed by atoms with Gasteiger partial charge in [0.15, 0.2) is 0 Å². The molecule has 2 heterocycles. The number of aromatic amines is 1. The molecule has 0 saturated heterocycles. The number of aryl methyl sites for hydroxylation is 1. The number of nitrogens with two attached hydrogens (primary N) is 1. The number of para-hydroxylation sites is 1. The molecule has 0 radical (unpaired) electrons.